The van der Waals surface area contributed by atoms with Crippen molar-refractivity contribution in [1.29, 1.82) is 0 Å². The first-order valence-electron chi connectivity index (χ1n) is 7.60. The van der Waals surface area contributed by atoms with Gasteiger partial charge in [-0.2, -0.15) is 0 Å². The monoisotopic (exact) mass is 291 g/mol. The van der Waals surface area contributed by atoms with Crippen LogP contribution in [-0.2, 0) is 6.67 Å². The molecule has 3 nitrogen and oxygen atoms in total. The van der Waals surface area contributed by atoms with Gasteiger partial charge in [-0.05, 0) is 43.8 Å². The maximum atomic E-state index is 4.77. The van der Waals surface area contributed by atoms with Crippen LogP contribution in [0.2, 0.25) is 0 Å². The number of benzene rings is 1. The van der Waals surface area contributed by atoms with Crippen molar-refractivity contribution in [3.63, 3.8) is 0 Å². The lowest BCUT2D eigenvalue weighted by Crippen LogP contribution is -2.28. The van der Waals surface area contributed by atoms with Crippen LogP contribution in [0.4, 0.5) is 0 Å². The second kappa shape index (κ2) is 7.70. The van der Waals surface area contributed by atoms with E-state index in [1.54, 1.807) is 0 Å². The molecule has 2 aromatic rings. The van der Waals surface area contributed by atoms with Gasteiger partial charge in [0.1, 0.15) is 0 Å². The molecule has 0 spiro atoms. The van der Waals surface area contributed by atoms with Crippen LogP contribution < -0.4 is 0 Å². The highest BCUT2D eigenvalue weighted by Gasteiger charge is 2.13. The fourth-order valence-corrected chi connectivity index (χ4v) is 3.25. The molecular weight excluding hydrogens is 266 g/mol. The first kappa shape index (κ1) is 15.4. The predicted molar refractivity (Wildman–Crippen MR) is 88.3 cm³/mol. The third-order valence-corrected chi connectivity index (χ3v) is 4.17. The summed E-state index contributed by atoms with van der Waals surface area (Å²) in [5, 5.41) is 1.14. The molecule has 110 valence electrons. The van der Waals surface area contributed by atoms with Crippen molar-refractivity contribution in [2.45, 2.75) is 45.4 Å². The average Bonchev–Trinajstić information content (AvgIpc) is 2.78. The summed E-state index contributed by atoms with van der Waals surface area (Å²) < 4.78 is 2.37. The van der Waals surface area contributed by atoms with E-state index < -0.39 is 0 Å². The van der Waals surface area contributed by atoms with Gasteiger partial charge in [0.25, 0.3) is 0 Å². The molecule has 0 amide bonds. The zero-order chi connectivity index (χ0) is 14.4. The van der Waals surface area contributed by atoms with Crippen LogP contribution in [-0.4, -0.2) is 33.3 Å². The third-order valence-electron chi connectivity index (χ3n) is 3.31. The van der Waals surface area contributed by atoms with Gasteiger partial charge in [0.05, 0.1) is 17.7 Å². The van der Waals surface area contributed by atoms with Crippen LogP contribution in [0.25, 0.3) is 11.0 Å². The quantitative estimate of drug-likeness (QED) is 0.679. The molecule has 0 atom stereocenters. The zero-order valence-electron chi connectivity index (χ0n) is 12.8. The summed E-state index contributed by atoms with van der Waals surface area (Å²) in [5.74, 6) is 1.06. The number of imidazole rings is 1. The minimum absolute atomic E-state index is 0.949. The Balaban J connectivity index is 2.31. The molecule has 2 rings (SSSR count). The minimum Gasteiger partial charge on any atom is -0.305 e. The molecule has 4 heteroatoms. The summed E-state index contributed by atoms with van der Waals surface area (Å²) in [7, 11) is 0. The van der Waals surface area contributed by atoms with Gasteiger partial charge in [0.2, 0.25) is 0 Å². The maximum absolute atomic E-state index is 4.77. The third kappa shape index (κ3) is 3.55. The van der Waals surface area contributed by atoms with Crippen molar-refractivity contribution in [3.8, 4) is 0 Å². The van der Waals surface area contributed by atoms with Crippen LogP contribution in [0, 0.1) is 0 Å². The van der Waals surface area contributed by atoms with Crippen molar-refractivity contribution in [3.05, 3.63) is 24.3 Å². The summed E-state index contributed by atoms with van der Waals surface area (Å²) in [6.45, 7) is 9.93. The van der Waals surface area contributed by atoms with E-state index in [0.717, 1.165) is 36.2 Å². The standard InChI is InChI=1S/C16H25N3S/c1-4-11-18(12-5-2)13-19-15-10-8-7-9-14(15)17-16(19)20-6-3/h7-10H,4-6,11-13H2,1-3H3. The molecule has 0 saturated carbocycles. The van der Waals surface area contributed by atoms with Gasteiger partial charge in [0, 0.05) is 0 Å². The van der Waals surface area contributed by atoms with E-state index in [1.807, 2.05) is 11.8 Å². The number of rotatable bonds is 8. The molecule has 0 aliphatic rings. The number of fused-ring (bicyclic) bond motifs is 1. The Bertz CT molecular complexity index is 530. The Hall–Kier alpha value is -1.00. The van der Waals surface area contributed by atoms with Gasteiger partial charge in [-0.1, -0.05) is 44.7 Å². The molecule has 0 N–H and O–H groups in total. The SMILES string of the molecule is CCCN(CCC)Cn1c(SCC)nc2ccccc21. The predicted octanol–water partition coefficient (Wildman–Crippen LogP) is 4.23. The first-order valence-corrected chi connectivity index (χ1v) is 8.59. The molecule has 0 saturated heterocycles. The molecule has 0 radical (unpaired) electrons. The van der Waals surface area contributed by atoms with Crippen LogP contribution in [0.5, 0.6) is 0 Å². The Kier molecular flexibility index (Phi) is 5.92. The highest BCUT2D eigenvalue weighted by Crippen LogP contribution is 2.24. The van der Waals surface area contributed by atoms with Crippen LogP contribution >= 0.6 is 11.8 Å². The topological polar surface area (TPSA) is 21.1 Å². The van der Waals surface area contributed by atoms with Crippen molar-refractivity contribution in [2.75, 3.05) is 18.8 Å². The fraction of sp³-hybridized carbons (Fsp3) is 0.562. The second-order valence-electron chi connectivity index (χ2n) is 5.00. The summed E-state index contributed by atoms with van der Waals surface area (Å²) in [4.78, 5) is 7.30. The molecule has 1 heterocycles. The molecule has 0 aliphatic heterocycles. The Morgan fingerprint density at radius 2 is 1.80 bits per heavy atom. The molecule has 1 aromatic carbocycles. The van der Waals surface area contributed by atoms with Crippen LogP contribution in [0.1, 0.15) is 33.6 Å². The van der Waals surface area contributed by atoms with E-state index in [4.69, 9.17) is 4.98 Å². The number of hydrogen-bond acceptors (Lipinski definition) is 3. The minimum atomic E-state index is 0.949. The van der Waals surface area contributed by atoms with E-state index in [0.29, 0.717) is 0 Å². The van der Waals surface area contributed by atoms with Gasteiger partial charge in [-0.15, -0.1) is 0 Å². The number of para-hydroxylation sites is 2. The van der Waals surface area contributed by atoms with Crippen molar-refractivity contribution in [1.82, 2.24) is 14.5 Å². The van der Waals surface area contributed by atoms with E-state index >= 15 is 0 Å². The smallest absolute Gasteiger partial charge is 0.170 e. The van der Waals surface area contributed by atoms with E-state index in [1.165, 1.54) is 18.4 Å². The lowest BCUT2D eigenvalue weighted by atomic mass is 10.3. The largest absolute Gasteiger partial charge is 0.305 e. The molecule has 20 heavy (non-hydrogen) atoms. The second-order valence-corrected chi connectivity index (χ2v) is 6.23. The van der Waals surface area contributed by atoms with E-state index in [9.17, 15) is 0 Å². The van der Waals surface area contributed by atoms with Crippen molar-refractivity contribution < 1.29 is 0 Å². The molecule has 0 bridgehead atoms. The van der Waals surface area contributed by atoms with Gasteiger partial charge in [-0.3, -0.25) is 4.90 Å². The number of hydrogen-bond donors (Lipinski definition) is 0. The normalized spacial score (nSPS) is 11.6. The van der Waals surface area contributed by atoms with E-state index in [-0.39, 0.29) is 0 Å². The summed E-state index contributed by atoms with van der Waals surface area (Å²) >= 11 is 1.83. The van der Waals surface area contributed by atoms with Gasteiger partial charge >= 0.3 is 0 Å². The first-order chi connectivity index (χ1) is 9.80. The lowest BCUT2D eigenvalue weighted by molar-refractivity contribution is 0.215. The molecule has 0 fully saturated rings. The Labute approximate surface area is 126 Å². The lowest BCUT2D eigenvalue weighted by Gasteiger charge is -2.22. The zero-order valence-corrected chi connectivity index (χ0v) is 13.6. The molecule has 1 aromatic heterocycles. The van der Waals surface area contributed by atoms with Gasteiger partial charge in [0.15, 0.2) is 5.16 Å². The molecule has 0 unspecified atom stereocenters. The Morgan fingerprint density at radius 1 is 1.10 bits per heavy atom. The highest BCUT2D eigenvalue weighted by atomic mass is 32.2. The van der Waals surface area contributed by atoms with E-state index in [2.05, 4.69) is 54.5 Å². The van der Waals surface area contributed by atoms with Crippen LogP contribution in [0.15, 0.2) is 29.4 Å². The molecule has 0 aliphatic carbocycles. The summed E-state index contributed by atoms with van der Waals surface area (Å²) in [6, 6.07) is 8.45. The summed E-state index contributed by atoms with van der Waals surface area (Å²) in [6.07, 6.45) is 2.39. The number of thioether (sulfide) groups is 1. The average molecular weight is 291 g/mol. The summed E-state index contributed by atoms with van der Waals surface area (Å²) in [5.41, 5.74) is 2.36. The van der Waals surface area contributed by atoms with Gasteiger partial charge < -0.3 is 4.57 Å². The number of aromatic nitrogens is 2. The highest BCUT2D eigenvalue weighted by molar-refractivity contribution is 7.99. The van der Waals surface area contributed by atoms with Crippen molar-refractivity contribution in [2.24, 2.45) is 0 Å². The number of nitrogens with zero attached hydrogens (tertiary/aromatic N) is 3. The Morgan fingerprint density at radius 3 is 2.45 bits per heavy atom. The van der Waals surface area contributed by atoms with Gasteiger partial charge in [-0.25, -0.2) is 4.98 Å². The van der Waals surface area contributed by atoms with Crippen LogP contribution in [0.3, 0.4) is 0 Å². The molecular formula is C16H25N3S. The fourth-order valence-electron chi connectivity index (χ4n) is 2.52. The van der Waals surface area contributed by atoms with Crippen molar-refractivity contribution >= 4 is 22.8 Å². The maximum Gasteiger partial charge on any atom is 0.170 e.